The van der Waals surface area contributed by atoms with E-state index in [1.165, 1.54) is 22.9 Å². The van der Waals surface area contributed by atoms with Crippen LogP contribution in [0.3, 0.4) is 0 Å². The topological polar surface area (TPSA) is 68.3 Å². The van der Waals surface area contributed by atoms with E-state index in [4.69, 9.17) is 0 Å². The van der Waals surface area contributed by atoms with Gasteiger partial charge in [0, 0.05) is 46.0 Å². The molecule has 3 heterocycles. The molecular weight excluding hydrogens is 344 g/mol. The summed E-state index contributed by atoms with van der Waals surface area (Å²) in [4.78, 5) is 33.6. The zero-order valence-corrected chi connectivity index (χ0v) is 15.9. The first-order valence-electron chi connectivity index (χ1n) is 9.10. The molecule has 0 aliphatic carbocycles. The Labute approximate surface area is 156 Å². The van der Waals surface area contributed by atoms with Crippen molar-refractivity contribution < 1.29 is 0 Å². The number of hydrogen-bond donors (Lipinski definition) is 0. The maximum atomic E-state index is 12.6. The monoisotopic (exact) mass is 368 g/mol. The second kappa shape index (κ2) is 6.70. The third-order valence-corrected chi connectivity index (χ3v) is 5.34. The Kier molecular flexibility index (Phi) is 4.35. The minimum atomic E-state index is -0.357. The number of rotatable bonds is 3. The lowest BCUT2D eigenvalue weighted by atomic mass is 10.2. The van der Waals surface area contributed by atoms with E-state index < -0.39 is 0 Å². The second-order valence-corrected chi connectivity index (χ2v) is 7.17. The number of piperazine rings is 1. The molecule has 3 aromatic rings. The number of hydrogen-bond acceptors (Lipinski definition) is 5. The molecule has 1 saturated heterocycles. The summed E-state index contributed by atoms with van der Waals surface area (Å²) in [7, 11) is 3.14. The minimum absolute atomic E-state index is 0.302. The van der Waals surface area contributed by atoms with Crippen molar-refractivity contribution in [1.29, 1.82) is 0 Å². The van der Waals surface area contributed by atoms with Gasteiger partial charge >= 0.3 is 5.69 Å². The predicted molar refractivity (Wildman–Crippen MR) is 105 cm³/mol. The fourth-order valence-corrected chi connectivity index (χ4v) is 3.62. The van der Waals surface area contributed by atoms with Gasteiger partial charge in [0.25, 0.3) is 5.56 Å². The van der Waals surface area contributed by atoms with Crippen molar-refractivity contribution in [3.63, 3.8) is 0 Å². The molecular formula is C19H24N6O2. The molecule has 0 bridgehead atoms. The smallest absolute Gasteiger partial charge is 0.332 e. The molecule has 0 atom stereocenters. The highest BCUT2D eigenvalue weighted by Gasteiger charge is 2.20. The lowest BCUT2D eigenvalue weighted by Crippen LogP contribution is -2.47. The molecule has 1 aliphatic heterocycles. The summed E-state index contributed by atoms with van der Waals surface area (Å²) in [5, 5.41) is 0. The Morgan fingerprint density at radius 1 is 0.963 bits per heavy atom. The molecule has 1 aromatic carbocycles. The maximum Gasteiger partial charge on any atom is 0.332 e. The first kappa shape index (κ1) is 17.5. The molecule has 142 valence electrons. The summed E-state index contributed by atoms with van der Waals surface area (Å²) in [5.41, 5.74) is 2.76. The van der Waals surface area contributed by atoms with E-state index in [1.54, 1.807) is 13.4 Å². The average Bonchev–Trinajstić information content (AvgIpc) is 3.10. The van der Waals surface area contributed by atoms with Crippen LogP contribution >= 0.6 is 0 Å². The Morgan fingerprint density at radius 3 is 2.30 bits per heavy atom. The van der Waals surface area contributed by atoms with Crippen LogP contribution < -0.4 is 16.1 Å². The van der Waals surface area contributed by atoms with E-state index in [-0.39, 0.29) is 11.2 Å². The summed E-state index contributed by atoms with van der Waals surface area (Å²) < 4.78 is 4.40. The Morgan fingerprint density at radius 2 is 1.63 bits per heavy atom. The number of nitrogens with zero attached hydrogens (tertiary/aromatic N) is 6. The Bertz CT molecular complexity index is 1080. The number of aryl methyl sites for hydroxylation is 2. The molecule has 0 saturated carbocycles. The van der Waals surface area contributed by atoms with Crippen LogP contribution in [0.15, 0.2) is 40.2 Å². The Hall–Kier alpha value is -2.87. The number of aromatic nitrogens is 4. The molecule has 27 heavy (non-hydrogen) atoms. The van der Waals surface area contributed by atoms with Crippen LogP contribution in [0.4, 0.5) is 5.69 Å². The van der Waals surface area contributed by atoms with Crippen molar-refractivity contribution >= 4 is 16.9 Å². The predicted octanol–water partition coefficient (Wildman–Crippen LogP) is 0.522. The lowest BCUT2D eigenvalue weighted by molar-refractivity contribution is 0.208. The van der Waals surface area contributed by atoms with Gasteiger partial charge in [-0.05, 0) is 19.1 Å². The summed E-state index contributed by atoms with van der Waals surface area (Å²) >= 11 is 0. The van der Waals surface area contributed by atoms with Gasteiger partial charge in [0.05, 0.1) is 13.0 Å². The first-order chi connectivity index (χ1) is 13.0. The first-order valence-corrected chi connectivity index (χ1v) is 9.10. The van der Waals surface area contributed by atoms with Gasteiger partial charge in [-0.25, -0.2) is 9.78 Å². The highest BCUT2D eigenvalue weighted by molar-refractivity contribution is 5.69. The third-order valence-electron chi connectivity index (χ3n) is 5.34. The van der Waals surface area contributed by atoms with Crippen LogP contribution in [0.2, 0.25) is 0 Å². The summed E-state index contributed by atoms with van der Waals surface area (Å²) in [6.45, 7) is 6.36. The molecule has 0 N–H and O–H groups in total. The fourth-order valence-electron chi connectivity index (χ4n) is 3.62. The minimum Gasteiger partial charge on any atom is -0.369 e. The Balaban J connectivity index is 1.52. The summed E-state index contributed by atoms with van der Waals surface area (Å²) in [6, 6.07) is 8.61. The lowest BCUT2D eigenvalue weighted by Gasteiger charge is -2.36. The molecule has 8 nitrogen and oxygen atoms in total. The van der Waals surface area contributed by atoms with E-state index in [9.17, 15) is 9.59 Å². The van der Waals surface area contributed by atoms with Crippen molar-refractivity contribution in [3.05, 3.63) is 57.0 Å². The summed E-state index contributed by atoms with van der Waals surface area (Å²) in [6.07, 6.45) is 1.65. The number of fused-ring (bicyclic) bond motifs is 1. The average molecular weight is 368 g/mol. The molecule has 0 spiro atoms. The largest absolute Gasteiger partial charge is 0.369 e. The van der Waals surface area contributed by atoms with Gasteiger partial charge in [0.1, 0.15) is 0 Å². The zero-order chi connectivity index (χ0) is 19.1. The SMILES string of the molecule is Cc1ccc(N2CCN(Cn3cnc4c3c(=O)n(C)c(=O)n4C)CC2)cc1. The number of benzene rings is 1. The van der Waals surface area contributed by atoms with Crippen LogP contribution in [-0.4, -0.2) is 49.8 Å². The van der Waals surface area contributed by atoms with Crippen molar-refractivity contribution in [3.8, 4) is 0 Å². The van der Waals surface area contributed by atoms with Crippen LogP contribution in [0.1, 0.15) is 5.56 Å². The van der Waals surface area contributed by atoms with Crippen LogP contribution in [0.5, 0.6) is 0 Å². The maximum absolute atomic E-state index is 12.6. The van der Waals surface area contributed by atoms with Gasteiger partial charge in [-0.3, -0.25) is 18.8 Å². The van der Waals surface area contributed by atoms with Gasteiger partial charge < -0.3 is 9.47 Å². The van der Waals surface area contributed by atoms with Gasteiger partial charge in [0.2, 0.25) is 0 Å². The van der Waals surface area contributed by atoms with Gasteiger partial charge in [-0.15, -0.1) is 0 Å². The second-order valence-electron chi connectivity index (χ2n) is 7.17. The normalized spacial score (nSPS) is 15.6. The highest BCUT2D eigenvalue weighted by Crippen LogP contribution is 2.17. The van der Waals surface area contributed by atoms with Gasteiger partial charge in [-0.2, -0.15) is 0 Å². The summed E-state index contributed by atoms with van der Waals surface area (Å²) in [5.74, 6) is 0. The quantitative estimate of drug-likeness (QED) is 0.674. The van der Waals surface area contributed by atoms with Crippen molar-refractivity contribution in [1.82, 2.24) is 23.6 Å². The third kappa shape index (κ3) is 3.06. The van der Waals surface area contributed by atoms with Gasteiger partial charge in [-0.1, -0.05) is 17.7 Å². The molecule has 8 heteroatoms. The van der Waals surface area contributed by atoms with Crippen molar-refractivity contribution in [2.24, 2.45) is 14.1 Å². The standard InChI is InChI=1S/C19H24N6O2/c1-14-4-6-15(7-5-14)24-10-8-23(9-11-24)13-25-12-20-17-16(25)18(26)22(3)19(27)21(17)2/h4-7,12H,8-11,13H2,1-3H3. The van der Waals surface area contributed by atoms with Crippen LogP contribution in [0, 0.1) is 6.92 Å². The molecule has 1 fully saturated rings. The van der Waals surface area contributed by atoms with E-state index in [0.717, 1.165) is 30.7 Å². The fraction of sp³-hybridized carbons (Fsp3) is 0.421. The molecule has 0 unspecified atom stereocenters. The van der Waals surface area contributed by atoms with Crippen molar-refractivity contribution in [2.45, 2.75) is 13.6 Å². The van der Waals surface area contributed by atoms with E-state index in [0.29, 0.717) is 17.8 Å². The molecule has 1 aliphatic rings. The van der Waals surface area contributed by atoms with E-state index >= 15 is 0 Å². The zero-order valence-electron chi connectivity index (χ0n) is 15.9. The van der Waals surface area contributed by atoms with E-state index in [1.807, 2.05) is 4.57 Å². The molecule has 0 amide bonds. The van der Waals surface area contributed by atoms with Gasteiger partial charge in [0.15, 0.2) is 11.2 Å². The molecule has 0 radical (unpaired) electrons. The highest BCUT2D eigenvalue weighted by atomic mass is 16.2. The van der Waals surface area contributed by atoms with Crippen molar-refractivity contribution in [2.75, 3.05) is 31.1 Å². The number of imidazole rings is 1. The van der Waals surface area contributed by atoms with Crippen LogP contribution in [-0.2, 0) is 20.8 Å². The molecule has 2 aromatic heterocycles. The number of anilines is 1. The van der Waals surface area contributed by atoms with Crippen LogP contribution in [0.25, 0.3) is 11.2 Å². The van der Waals surface area contributed by atoms with E-state index in [2.05, 4.69) is 46.0 Å². The molecule has 4 rings (SSSR count).